The molecule has 8 heteroatoms. The summed E-state index contributed by atoms with van der Waals surface area (Å²) in [7, 11) is -3.09. The molecule has 1 atom stereocenters. The van der Waals surface area contributed by atoms with Crippen molar-refractivity contribution in [2.75, 3.05) is 22.2 Å². The van der Waals surface area contributed by atoms with E-state index in [4.69, 9.17) is 4.98 Å². The SMILES string of the molecule is Cc1nc(SCC(=O)N(c2ccccc2)C2CCS(=O)(=O)C2)n(C2CCCC2)c1C. The van der Waals surface area contributed by atoms with Gasteiger partial charge in [0.1, 0.15) is 0 Å². The zero-order chi connectivity index (χ0) is 21.3. The highest BCUT2D eigenvalue weighted by Gasteiger charge is 2.35. The molecule has 4 rings (SSSR count). The van der Waals surface area contributed by atoms with Crippen molar-refractivity contribution in [1.82, 2.24) is 9.55 Å². The maximum Gasteiger partial charge on any atom is 0.237 e. The van der Waals surface area contributed by atoms with Gasteiger partial charge >= 0.3 is 0 Å². The summed E-state index contributed by atoms with van der Waals surface area (Å²) in [5, 5.41) is 0.900. The number of anilines is 1. The van der Waals surface area contributed by atoms with E-state index in [1.165, 1.54) is 30.3 Å². The van der Waals surface area contributed by atoms with Crippen molar-refractivity contribution >= 4 is 33.2 Å². The topological polar surface area (TPSA) is 72.3 Å². The van der Waals surface area contributed by atoms with Crippen LogP contribution in [0.15, 0.2) is 35.5 Å². The zero-order valence-corrected chi connectivity index (χ0v) is 19.2. The normalized spacial score (nSPS) is 21.2. The van der Waals surface area contributed by atoms with Crippen molar-refractivity contribution in [3.63, 3.8) is 0 Å². The van der Waals surface area contributed by atoms with E-state index < -0.39 is 9.84 Å². The molecule has 162 valence electrons. The number of nitrogens with zero attached hydrogens (tertiary/aromatic N) is 3. The van der Waals surface area contributed by atoms with Gasteiger partial charge in [-0.3, -0.25) is 4.79 Å². The highest BCUT2D eigenvalue weighted by Crippen LogP contribution is 2.35. The summed E-state index contributed by atoms with van der Waals surface area (Å²) in [5.74, 6) is 0.359. The Morgan fingerprint density at radius 2 is 1.87 bits per heavy atom. The van der Waals surface area contributed by atoms with Crippen LogP contribution in [-0.4, -0.2) is 47.2 Å². The van der Waals surface area contributed by atoms with E-state index in [2.05, 4.69) is 11.5 Å². The maximum absolute atomic E-state index is 13.3. The van der Waals surface area contributed by atoms with Crippen LogP contribution in [0, 0.1) is 13.8 Å². The van der Waals surface area contributed by atoms with E-state index in [0.29, 0.717) is 12.5 Å². The fourth-order valence-electron chi connectivity index (χ4n) is 4.61. The van der Waals surface area contributed by atoms with Crippen molar-refractivity contribution in [3.8, 4) is 0 Å². The second-order valence-electron chi connectivity index (χ2n) is 8.32. The summed E-state index contributed by atoms with van der Waals surface area (Å²) < 4.78 is 26.4. The Hall–Kier alpha value is -1.80. The van der Waals surface area contributed by atoms with Gasteiger partial charge in [0.15, 0.2) is 15.0 Å². The van der Waals surface area contributed by atoms with Gasteiger partial charge in [0.25, 0.3) is 0 Å². The van der Waals surface area contributed by atoms with Crippen LogP contribution in [0.1, 0.15) is 49.5 Å². The number of sulfone groups is 1. The Labute approximate surface area is 183 Å². The molecular weight excluding hydrogens is 418 g/mol. The fourth-order valence-corrected chi connectivity index (χ4v) is 7.33. The molecule has 1 aliphatic carbocycles. The number of rotatable bonds is 6. The lowest BCUT2D eigenvalue weighted by Crippen LogP contribution is -2.42. The zero-order valence-electron chi connectivity index (χ0n) is 17.6. The summed E-state index contributed by atoms with van der Waals surface area (Å²) >= 11 is 1.47. The van der Waals surface area contributed by atoms with E-state index in [9.17, 15) is 13.2 Å². The summed E-state index contributed by atoms with van der Waals surface area (Å²) in [6.45, 7) is 4.12. The summed E-state index contributed by atoms with van der Waals surface area (Å²) in [6, 6.07) is 9.58. The van der Waals surface area contributed by atoms with Crippen LogP contribution >= 0.6 is 11.8 Å². The molecule has 2 aliphatic rings. The van der Waals surface area contributed by atoms with E-state index in [1.54, 1.807) is 4.90 Å². The molecule has 1 aliphatic heterocycles. The first kappa shape index (κ1) is 21.4. The second kappa shape index (κ2) is 8.75. The number of aromatic nitrogens is 2. The van der Waals surface area contributed by atoms with Crippen LogP contribution in [-0.2, 0) is 14.6 Å². The molecule has 1 saturated heterocycles. The Bertz CT molecular complexity index is 1010. The van der Waals surface area contributed by atoms with Crippen LogP contribution in [0.25, 0.3) is 0 Å². The number of carbonyl (C=O) groups is 1. The first-order valence-corrected chi connectivity index (χ1v) is 13.4. The van der Waals surface area contributed by atoms with Crippen molar-refractivity contribution in [1.29, 1.82) is 0 Å². The minimum absolute atomic E-state index is 0.0349. The molecule has 0 spiro atoms. The molecule has 30 heavy (non-hydrogen) atoms. The number of benzene rings is 1. The largest absolute Gasteiger partial charge is 0.320 e. The van der Waals surface area contributed by atoms with E-state index in [1.807, 2.05) is 37.3 Å². The number of hydrogen-bond acceptors (Lipinski definition) is 5. The standard InChI is InChI=1S/C22H29N3O3S2/c1-16-17(2)24(18-10-6-7-11-18)22(23-16)29-14-21(26)25(19-8-4-3-5-9-19)20-12-13-30(27,28)15-20/h3-5,8-9,18,20H,6-7,10-15H2,1-2H3. The number of thioether (sulfide) groups is 1. The minimum atomic E-state index is -3.09. The van der Waals surface area contributed by atoms with Crippen LogP contribution in [0.5, 0.6) is 0 Å². The van der Waals surface area contributed by atoms with Gasteiger partial charge in [0, 0.05) is 17.4 Å². The van der Waals surface area contributed by atoms with Gasteiger partial charge in [-0.1, -0.05) is 42.8 Å². The number of para-hydroxylation sites is 1. The second-order valence-corrected chi connectivity index (χ2v) is 11.5. The van der Waals surface area contributed by atoms with Crippen molar-refractivity contribution < 1.29 is 13.2 Å². The quantitative estimate of drug-likeness (QED) is 0.628. The molecule has 0 bridgehead atoms. The lowest BCUT2D eigenvalue weighted by Gasteiger charge is -2.28. The monoisotopic (exact) mass is 447 g/mol. The van der Waals surface area contributed by atoms with Crippen LogP contribution in [0.4, 0.5) is 5.69 Å². The molecule has 2 aromatic rings. The van der Waals surface area contributed by atoms with Gasteiger partial charge in [-0.05, 0) is 45.2 Å². The van der Waals surface area contributed by atoms with Gasteiger partial charge in [-0.2, -0.15) is 0 Å². The van der Waals surface area contributed by atoms with Gasteiger partial charge in [-0.25, -0.2) is 13.4 Å². The molecule has 1 amide bonds. The minimum Gasteiger partial charge on any atom is -0.320 e. The van der Waals surface area contributed by atoms with Gasteiger partial charge < -0.3 is 9.47 Å². The lowest BCUT2D eigenvalue weighted by atomic mass is 10.2. The van der Waals surface area contributed by atoms with E-state index in [0.717, 1.165) is 29.4 Å². The number of hydrogen-bond donors (Lipinski definition) is 0. The number of amides is 1. The van der Waals surface area contributed by atoms with Gasteiger partial charge in [0.05, 0.1) is 29.0 Å². The Balaban J connectivity index is 1.55. The molecule has 6 nitrogen and oxygen atoms in total. The Morgan fingerprint density at radius 3 is 2.50 bits per heavy atom. The fraction of sp³-hybridized carbons (Fsp3) is 0.545. The van der Waals surface area contributed by atoms with Crippen LogP contribution in [0.3, 0.4) is 0 Å². The van der Waals surface area contributed by atoms with Crippen molar-refractivity contribution in [2.45, 2.75) is 63.2 Å². The Kier molecular flexibility index (Phi) is 6.25. The third kappa shape index (κ3) is 4.44. The van der Waals surface area contributed by atoms with E-state index >= 15 is 0 Å². The summed E-state index contributed by atoms with van der Waals surface area (Å²) in [6.07, 6.45) is 5.29. The first-order valence-electron chi connectivity index (χ1n) is 10.6. The molecule has 0 N–H and O–H groups in total. The number of carbonyl (C=O) groups excluding carboxylic acids is 1. The smallest absolute Gasteiger partial charge is 0.237 e. The molecule has 1 aromatic heterocycles. The number of aryl methyl sites for hydroxylation is 1. The predicted octanol–water partition coefficient (Wildman–Crippen LogP) is 3.93. The molecule has 2 fully saturated rings. The first-order chi connectivity index (χ1) is 14.4. The third-order valence-corrected chi connectivity index (χ3v) is 8.93. The molecular formula is C22H29N3O3S2. The molecule has 1 aromatic carbocycles. The van der Waals surface area contributed by atoms with Gasteiger partial charge in [-0.15, -0.1) is 0 Å². The molecule has 0 radical (unpaired) electrons. The highest BCUT2D eigenvalue weighted by molar-refractivity contribution is 7.99. The molecule has 2 heterocycles. The highest BCUT2D eigenvalue weighted by atomic mass is 32.2. The third-order valence-electron chi connectivity index (χ3n) is 6.25. The summed E-state index contributed by atoms with van der Waals surface area (Å²) in [5.41, 5.74) is 2.95. The number of imidazole rings is 1. The predicted molar refractivity (Wildman–Crippen MR) is 121 cm³/mol. The average Bonchev–Trinajstić information content (AvgIpc) is 3.42. The summed E-state index contributed by atoms with van der Waals surface area (Å²) in [4.78, 5) is 19.7. The van der Waals surface area contributed by atoms with Gasteiger partial charge in [0.2, 0.25) is 5.91 Å². The van der Waals surface area contributed by atoms with Crippen molar-refractivity contribution in [2.24, 2.45) is 0 Å². The maximum atomic E-state index is 13.3. The van der Waals surface area contributed by atoms with Crippen LogP contribution in [0.2, 0.25) is 0 Å². The van der Waals surface area contributed by atoms with E-state index in [-0.39, 0.29) is 29.2 Å². The molecule has 1 saturated carbocycles. The van der Waals surface area contributed by atoms with Crippen LogP contribution < -0.4 is 4.90 Å². The Morgan fingerprint density at radius 1 is 1.17 bits per heavy atom. The average molecular weight is 448 g/mol. The van der Waals surface area contributed by atoms with Crippen molar-refractivity contribution in [3.05, 3.63) is 41.7 Å². The lowest BCUT2D eigenvalue weighted by molar-refractivity contribution is -0.116. The molecule has 1 unspecified atom stereocenters.